The van der Waals surface area contributed by atoms with Crippen molar-refractivity contribution >= 4 is 11.7 Å². The van der Waals surface area contributed by atoms with Crippen molar-refractivity contribution in [1.29, 1.82) is 0 Å². The number of imidazole rings is 1. The third kappa shape index (κ3) is 3.32. The molecule has 1 aliphatic heterocycles. The quantitative estimate of drug-likeness (QED) is 0.689. The zero-order valence-electron chi connectivity index (χ0n) is 16.5. The van der Waals surface area contributed by atoms with E-state index in [0.717, 1.165) is 11.6 Å². The summed E-state index contributed by atoms with van der Waals surface area (Å²) in [6.07, 6.45) is 1.57. The highest BCUT2D eigenvalue weighted by Crippen LogP contribution is 2.44. The highest BCUT2D eigenvalue weighted by molar-refractivity contribution is 5.94. The van der Waals surface area contributed by atoms with E-state index in [9.17, 15) is 13.6 Å². The van der Waals surface area contributed by atoms with Gasteiger partial charge < -0.3 is 19.5 Å². The van der Waals surface area contributed by atoms with Gasteiger partial charge in [0.25, 0.3) is 0 Å². The monoisotopic (exact) mass is 415 g/mol. The summed E-state index contributed by atoms with van der Waals surface area (Å²) in [6.45, 7) is 0. The van der Waals surface area contributed by atoms with Gasteiger partial charge in [-0.2, -0.15) is 0 Å². The largest absolute Gasteiger partial charge is 0.493 e. The highest BCUT2D eigenvalue weighted by Gasteiger charge is 2.32. The van der Waals surface area contributed by atoms with Gasteiger partial charge in [0.1, 0.15) is 23.8 Å². The zero-order chi connectivity index (χ0) is 21.4. The van der Waals surface area contributed by atoms with Crippen LogP contribution in [-0.2, 0) is 4.79 Å². The number of benzene rings is 2. The van der Waals surface area contributed by atoms with E-state index in [0.29, 0.717) is 28.8 Å². The highest BCUT2D eigenvalue weighted by atomic mass is 19.1. The van der Waals surface area contributed by atoms with Crippen LogP contribution < -0.4 is 19.5 Å². The molecule has 4 rings (SSSR count). The molecule has 2 aromatic carbocycles. The smallest absolute Gasteiger partial charge is 0.226 e. The molecule has 1 atom stereocenters. The average Bonchev–Trinajstić information content (AvgIpc) is 3.15. The second kappa shape index (κ2) is 7.66. The van der Waals surface area contributed by atoms with Crippen LogP contribution in [0.5, 0.6) is 17.2 Å². The minimum atomic E-state index is -0.726. The molecule has 1 amide bonds. The Labute approximate surface area is 171 Å². The Morgan fingerprint density at radius 3 is 2.20 bits per heavy atom. The number of anilines is 1. The molecule has 156 valence electrons. The predicted octanol–water partition coefficient (Wildman–Crippen LogP) is 3.65. The second-order valence-electron chi connectivity index (χ2n) is 6.74. The number of carbonyl (C=O) groups excluding carboxylic acids is 1. The lowest BCUT2D eigenvalue weighted by molar-refractivity contribution is -0.116. The first kappa shape index (κ1) is 19.7. The number of nitrogens with zero attached hydrogens (tertiary/aromatic N) is 2. The van der Waals surface area contributed by atoms with Crippen molar-refractivity contribution < 1.29 is 27.8 Å². The van der Waals surface area contributed by atoms with Crippen molar-refractivity contribution in [2.75, 3.05) is 26.6 Å². The van der Waals surface area contributed by atoms with E-state index < -0.39 is 17.6 Å². The van der Waals surface area contributed by atoms with Gasteiger partial charge in [-0.05, 0) is 29.8 Å². The first-order valence-electron chi connectivity index (χ1n) is 9.08. The lowest BCUT2D eigenvalue weighted by Crippen LogP contribution is -2.25. The molecule has 0 bridgehead atoms. The first-order chi connectivity index (χ1) is 14.4. The molecular formula is C21H19F2N3O4. The summed E-state index contributed by atoms with van der Waals surface area (Å²) in [5, 5.41) is 2.75. The number of methoxy groups -OCH3 is 3. The number of hydrogen-bond acceptors (Lipinski definition) is 5. The zero-order valence-corrected chi connectivity index (χ0v) is 16.5. The van der Waals surface area contributed by atoms with Crippen molar-refractivity contribution in [3.05, 3.63) is 59.6 Å². The van der Waals surface area contributed by atoms with Crippen LogP contribution in [-0.4, -0.2) is 36.8 Å². The van der Waals surface area contributed by atoms with Crippen LogP contribution in [0.4, 0.5) is 14.6 Å². The van der Waals surface area contributed by atoms with E-state index in [1.807, 2.05) is 0 Å². The standard InChI is InChI=1S/C21H19F2N3O4/c1-28-16-4-11(5-17(29-2)20(16)30-3)15-9-18(27)25-21-19(15)24-10-26(21)14-7-12(22)6-13(23)8-14/h4-8,10,15H,9H2,1-3H3,(H,25,27)/t15-/m0/s1. The normalized spacial score (nSPS) is 15.4. The molecule has 1 aromatic heterocycles. The Kier molecular flexibility index (Phi) is 5.03. The van der Waals surface area contributed by atoms with Gasteiger partial charge in [-0.15, -0.1) is 0 Å². The number of hydrogen-bond donors (Lipinski definition) is 1. The van der Waals surface area contributed by atoms with E-state index in [1.54, 1.807) is 12.1 Å². The average molecular weight is 415 g/mol. The maximum atomic E-state index is 13.7. The van der Waals surface area contributed by atoms with E-state index in [4.69, 9.17) is 14.2 Å². The summed E-state index contributed by atoms with van der Waals surface area (Å²) >= 11 is 0. The molecule has 30 heavy (non-hydrogen) atoms. The minimum absolute atomic E-state index is 0.139. The Morgan fingerprint density at radius 1 is 1.00 bits per heavy atom. The van der Waals surface area contributed by atoms with Crippen molar-refractivity contribution in [1.82, 2.24) is 9.55 Å². The molecule has 1 aliphatic rings. The number of carbonyl (C=O) groups is 1. The van der Waals surface area contributed by atoms with Gasteiger partial charge in [0, 0.05) is 18.4 Å². The molecule has 0 fully saturated rings. The topological polar surface area (TPSA) is 74.6 Å². The third-order valence-electron chi connectivity index (χ3n) is 4.99. The molecule has 0 saturated carbocycles. The van der Waals surface area contributed by atoms with Crippen LogP contribution >= 0.6 is 0 Å². The molecule has 0 radical (unpaired) electrons. The van der Waals surface area contributed by atoms with E-state index in [1.165, 1.54) is 44.4 Å². The molecule has 0 saturated heterocycles. The van der Waals surface area contributed by atoms with Gasteiger partial charge in [-0.1, -0.05) is 0 Å². The van der Waals surface area contributed by atoms with Crippen molar-refractivity contribution in [3.63, 3.8) is 0 Å². The molecule has 0 unspecified atom stereocenters. The van der Waals surface area contributed by atoms with Crippen molar-refractivity contribution in [3.8, 4) is 22.9 Å². The SMILES string of the molecule is COc1cc([C@@H]2CC(=O)Nc3c2ncn3-c2cc(F)cc(F)c2)cc(OC)c1OC. The molecule has 2 heterocycles. The molecule has 9 heteroatoms. The fourth-order valence-corrected chi connectivity index (χ4v) is 3.66. The lowest BCUT2D eigenvalue weighted by Gasteiger charge is -2.24. The van der Waals surface area contributed by atoms with Crippen LogP contribution in [0.15, 0.2) is 36.7 Å². The summed E-state index contributed by atoms with van der Waals surface area (Å²) in [7, 11) is 4.52. The number of rotatable bonds is 5. The van der Waals surface area contributed by atoms with Crippen LogP contribution in [0.3, 0.4) is 0 Å². The van der Waals surface area contributed by atoms with Gasteiger partial charge >= 0.3 is 0 Å². The third-order valence-corrected chi connectivity index (χ3v) is 4.99. The van der Waals surface area contributed by atoms with Gasteiger partial charge in [0.2, 0.25) is 11.7 Å². The summed E-state index contributed by atoms with van der Waals surface area (Å²) < 4.78 is 45.0. The van der Waals surface area contributed by atoms with Crippen molar-refractivity contribution in [2.45, 2.75) is 12.3 Å². The maximum absolute atomic E-state index is 13.7. The molecule has 0 aliphatic carbocycles. The summed E-state index contributed by atoms with van der Waals surface area (Å²) in [6, 6.07) is 6.63. The lowest BCUT2D eigenvalue weighted by atomic mass is 9.89. The van der Waals surface area contributed by atoms with Crippen LogP contribution in [0.1, 0.15) is 23.6 Å². The Bertz CT molecular complexity index is 1080. The number of ether oxygens (including phenoxy) is 3. The Morgan fingerprint density at radius 2 is 1.63 bits per heavy atom. The van der Waals surface area contributed by atoms with Gasteiger partial charge in [0.15, 0.2) is 11.5 Å². The Balaban J connectivity index is 1.84. The summed E-state index contributed by atoms with van der Waals surface area (Å²) in [5.41, 5.74) is 1.51. The summed E-state index contributed by atoms with van der Waals surface area (Å²) in [4.78, 5) is 16.9. The number of halogens is 2. The van der Waals surface area contributed by atoms with E-state index in [-0.39, 0.29) is 18.0 Å². The van der Waals surface area contributed by atoms with Crippen LogP contribution in [0, 0.1) is 11.6 Å². The number of fused-ring (bicyclic) bond motifs is 1. The van der Waals surface area contributed by atoms with E-state index >= 15 is 0 Å². The second-order valence-corrected chi connectivity index (χ2v) is 6.74. The summed E-state index contributed by atoms with van der Waals surface area (Å²) in [5.74, 6) is -0.425. The molecule has 0 spiro atoms. The minimum Gasteiger partial charge on any atom is -0.493 e. The first-order valence-corrected chi connectivity index (χ1v) is 9.08. The number of amides is 1. The molecule has 7 nitrogen and oxygen atoms in total. The van der Waals surface area contributed by atoms with Gasteiger partial charge in [-0.3, -0.25) is 9.36 Å². The molecule has 1 N–H and O–H groups in total. The van der Waals surface area contributed by atoms with Crippen molar-refractivity contribution in [2.24, 2.45) is 0 Å². The fraction of sp³-hybridized carbons (Fsp3) is 0.238. The Hall–Kier alpha value is -3.62. The number of nitrogens with one attached hydrogen (secondary N) is 1. The maximum Gasteiger partial charge on any atom is 0.226 e. The van der Waals surface area contributed by atoms with Gasteiger partial charge in [-0.25, -0.2) is 13.8 Å². The predicted molar refractivity (Wildman–Crippen MR) is 105 cm³/mol. The fourth-order valence-electron chi connectivity index (χ4n) is 3.66. The van der Waals surface area contributed by atoms with Crippen LogP contribution in [0.2, 0.25) is 0 Å². The van der Waals surface area contributed by atoms with Gasteiger partial charge in [0.05, 0.1) is 32.7 Å². The van der Waals surface area contributed by atoms with Crippen LogP contribution in [0.25, 0.3) is 5.69 Å². The number of aromatic nitrogens is 2. The van der Waals surface area contributed by atoms with E-state index in [2.05, 4.69) is 10.3 Å². The molecule has 3 aromatic rings. The molecular weight excluding hydrogens is 396 g/mol.